The topological polar surface area (TPSA) is 78.9 Å². The van der Waals surface area contributed by atoms with E-state index in [2.05, 4.69) is 142 Å². The van der Waals surface area contributed by atoms with Gasteiger partial charge in [-0.3, -0.25) is 14.4 Å². The van der Waals surface area contributed by atoms with Crippen molar-refractivity contribution in [2.24, 2.45) is 0 Å². The molecule has 0 N–H and O–H groups in total. The molecule has 6 heteroatoms. The SMILES string of the molecule is CC/C=C\C/C=C\C/C=C\C/C=C\C/C=C\C/C=C\C/C=C\C/C=C\C/C=C\CCCCCCCC(=O)OCC(COC(=O)CCCCCCCC)OC(=O)CCCCCCC/C=C\CCCCCCC. The fourth-order valence-corrected chi connectivity index (χ4v) is 7.60. The summed E-state index contributed by atoms with van der Waals surface area (Å²) in [5.41, 5.74) is 0. The van der Waals surface area contributed by atoms with Gasteiger partial charge in [0, 0.05) is 19.3 Å². The lowest BCUT2D eigenvalue weighted by molar-refractivity contribution is -0.167. The summed E-state index contributed by atoms with van der Waals surface area (Å²) in [5, 5.41) is 0. The minimum atomic E-state index is -0.789. The van der Waals surface area contributed by atoms with Gasteiger partial charge in [0.25, 0.3) is 0 Å². The molecule has 0 heterocycles. The molecule has 6 nitrogen and oxygen atoms in total. The van der Waals surface area contributed by atoms with E-state index in [-0.39, 0.29) is 31.1 Å². The van der Waals surface area contributed by atoms with Crippen molar-refractivity contribution < 1.29 is 28.6 Å². The van der Waals surface area contributed by atoms with Crippen LogP contribution in [-0.2, 0) is 28.6 Å². The third kappa shape index (κ3) is 56.6. The van der Waals surface area contributed by atoms with Gasteiger partial charge in [-0.1, -0.05) is 239 Å². The van der Waals surface area contributed by atoms with Crippen LogP contribution in [0.15, 0.2) is 122 Å². The first-order chi connectivity index (χ1) is 35.0. The van der Waals surface area contributed by atoms with E-state index in [0.29, 0.717) is 19.3 Å². The average molecular weight is 984 g/mol. The van der Waals surface area contributed by atoms with Gasteiger partial charge in [0.2, 0.25) is 0 Å². The Morgan fingerprint density at radius 1 is 0.296 bits per heavy atom. The minimum absolute atomic E-state index is 0.0889. The molecule has 0 aliphatic heterocycles. The molecule has 0 saturated heterocycles. The maximum atomic E-state index is 12.8. The Morgan fingerprint density at radius 3 is 0.873 bits per heavy atom. The quantitative estimate of drug-likeness (QED) is 0.0261. The van der Waals surface area contributed by atoms with Gasteiger partial charge in [0.15, 0.2) is 6.10 Å². The van der Waals surface area contributed by atoms with E-state index in [1.807, 2.05) is 0 Å². The predicted molar refractivity (Wildman–Crippen MR) is 306 cm³/mol. The molecule has 0 aromatic rings. The number of carbonyl (C=O) groups is 3. The van der Waals surface area contributed by atoms with Crippen LogP contribution in [-0.4, -0.2) is 37.2 Å². The number of hydrogen-bond acceptors (Lipinski definition) is 6. The first-order valence-electron chi connectivity index (χ1n) is 29.0. The number of carbonyl (C=O) groups excluding carboxylic acids is 3. The molecule has 0 rings (SSSR count). The summed E-state index contributed by atoms with van der Waals surface area (Å²) < 4.78 is 16.7. The molecular formula is C65H106O6. The normalized spacial score (nSPS) is 13.0. The Morgan fingerprint density at radius 2 is 0.549 bits per heavy atom. The first-order valence-corrected chi connectivity index (χ1v) is 29.0. The Kier molecular flexibility index (Phi) is 54.9. The van der Waals surface area contributed by atoms with Crippen LogP contribution in [0.25, 0.3) is 0 Å². The summed E-state index contributed by atoms with van der Waals surface area (Å²) >= 11 is 0. The summed E-state index contributed by atoms with van der Waals surface area (Å²) in [6.45, 7) is 6.42. The molecule has 0 aromatic carbocycles. The van der Waals surface area contributed by atoms with Crippen molar-refractivity contribution in [1.82, 2.24) is 0 Å². The molecule has 0 aliphatic carbocycles. The fourth-order valence-electron chi connectivity index (χ4n) is 7.60. The second kappa shape index (κ2) is 58.4. The number of rotatable bonds is 51. The van der Waals surface area contributed by atoms with Crippen LogP contribution in [0.4, 0.5) is 0 Å². The van der Waals surface area contributed by atoms with Gasteiger partial charge in [-0.2, -0.15) is 0 Å². The van der Waals surface area contributed by atoms with Gasteiger partial charge < -0.3 is 14.2 Å². The van der Waals surface area contributed by atoms with E-state index in [4.69, 9.17) is 14.2 Å². The van der Waals surface area contributed by atoms with Gasteiger partial charge in [-0.05, 0) is 116 Å². The van der Waals surface area contributed by atoms with E-state index in [1.54, 1.807) is 0 Å². The molecule has 402 valence electrons. The van der Waals surface area contributed by atoms with Crippen LogP contribution in [0.3, 0.4) is 0 Å². The van der Waals surface area contributed by atoms with E-state index < -0.39 is 6.10 Å². The number of ether oxygens (including phenoxy) is 3. The lowest BCUT2D eigenvalue weighted by atomic mass is 10.1. The summed E-state index contributed by atoms with van der Waals surface area (Å²) in [6.07, 6.45) is 80.8. The largest absolute Gasteiger partial charge is 0.462 e. The molecule has 0 fully saturated rings. The summed E-state index contributed by atoms with van der Waals surface area (Å²) in [7, 11) is 0. The van der Waals surface area contributed by atoms with Crippen LogP contribution >= 0.6 is 0 Å². The van der Waals surface area contributed by atoms with Crippen molar-refractivity contribution in [3.63, 3.8) is 0 Å². The zero-order chi connectivity index (χ0) is 51.4. The maximum Gasteiger partial charge on any atom is 0.306 e. The third-order valence-corrected chi connectivity index (χ3v) is 12.0. The van der Waals surface area contributed by atoms with Gasteiger partial charge >= 0.3 is 17.9 Å². The second-order valence-corrected chi connectivity index (χ2v) is 18.8. The fraction of sp³-hybridized carbons (Fsp3) is 0.646. The molecule has 0 aliphatic rings. The lowest BCUT2D eigenvalue weighted by Crippen LogP contribution is -2.30. The molecule has 1 atom stereocenters. The Bertz CT molecular complexity index is 1500. The Labute approximate surface area is 437 Å². The summed E-state index contributed by atoms with van der Waals surface area (Å²) in [6, 6.07) is 0. The van der Waals surface area contributed by atoms with Crippen molar-refractivity contribution in [3.05, 3.63) is 122 Å². The van der Waals surface area contributed by atoms with Crippen molar-refractivity contribution >= 4 is 17.9 Å². The standard InChI is InChI=1S/C65H106O6/c1-4-7-10-13-16-18-20-22-24-25-26-27-28-29-30-31-32-33-34-35-36-37-38-39-40-41-42-44-45-47-49-52-55-58-64(67)70-61-62(60-69-63(66)57-54-51-15-12-9-6-3)71-65(68)59-56-53-50-48-46-43-23-21-19-17-14-11-8-5-2/h7,10,16,18,21-24,26-27,29-30,32-33,35-36,38-39,41-42,62H,4-6,8-9,11-15,17,19-20,25,28,31,34,37,40,43-61H2,1-3H3/b10-7-,18-16-,23-21-,24-22-,27-26-,30-29-,33-32-,36-35-,39-38-,42-41-. The van der Waals surface area contributed by atoms with E-state index in [0.717, 1.165) is 148 Å². The monoisotopic (exact) mass is 983 g/mol. The minimum Gasteiger partial charge on any atom is -0.462 e. The van der Waals surface area contributed by atoms with Crippen molar-refractivity contribution in [2.75, 3.05) is 13.2 Å². The number of esters is 3. The molecule has 0 amide bonds. The first kappa shape index (κ1) is 66.8. The van der Waals surface area contributed by atoms with Crippen LogP contribution in [0.1, 0.15) is 252 Å². The van der Waals surface area contributed by atoms with E-state index >= 15 is 0 Å². The summed E-state index contributed by atoms with van der Waals surface area (Å²) in [5.74, 6) is -0.931. The molecule has 0 bridgehead atoms. The zero-order valence-electron chi connectivity index (χ0n) is 45.9. The van der Waals surface area contributed by atoms with Gasteiger partial charge in [0.05, 0.1) is 0 Å². The molecule has 0 spiro atoms. The molecule has 0 saturated carbocycles. The van der Waals surface area contributed by atoms with E-state index in [9.17, 15) is 14.4 Å². The van der Waals surface area contributed by atoms with E-state index in [1.165, 1.54) is 64.2 Å². The van der Waals surface area contributed by atoms with Gasteiger partial charge in [-0.25, -0.2) is 0 Å². The highest BCUT2D eigenvalue weighted by atomic mass is 16.6. The van der Waals surface area contributed by atoms with Crippen molar-refractivity contribution in [2.45, 2.75) is 258 Å². The Hall–Kier alpha value is -4.19. The summed E-state index contributed by atoms with van der Waals surface area (Å²) in [4.78, 5) is 37.8. The molecule has 0 radical (unpaired) electrons. The van der Waals surface area contributed by atoms with Crippen molar-refractivity contribution in [3.8, 4) is 0 Å². The number of hydrogen-bond donors (Lipinski definition) is 0. The Balaban J connectivity index is 4.16. The van der Waals surface area contributed by atoms with Crippen molar-refractivity contribution in [1.29, 1.82) is 0 Å². The van der Waals surface area contributed by atoms with Gasteiger partial charge in [-0.15, -0.1) is 0 Å². The second-order valence-electron chi connectivity index (χ2n) is 18.8. The van der Waals surface area contributed by atoms with Crippen LogP contribution in [0.5, 0.6) is 0 Å². The highest BCUT2D eigenvalue weighted by Crippen LogP contribution is 2.13. The van der Waals surface area contributed by atoms with Crippen LogP contribution < -0.4 is 0 Å². The molecular weight excluding hydrogens is 877 g/mol. The zero-order valence-corrected chi connectivity index (χ0v) is 45.9. The number of unbranched alkanes of at least 4 members (excludes halogenated alkanes) is 20. The highest BCUT2D eigenvalue weighted by Gasteiger charge is 2.19. The lowest BCUT2D eigenvalue weighted by Gasteiger charge is -2.18. The number of allylic oxidation sites excluding steroid dienone is 20. The van der Waals surface area contributed by atoms with Gasteiger partial charge in [0.1, 0.15) is 13.2 Å². The molecule has 1 unspecified atom stereocenters. The smallest absolute Gasteiger partial charge is 0.306 e. The van der Waals surface area contributed by atoms with Crippen LogP contribution in [0, 0.1) is 0 Å². The average Bonchev–Trinajstić information content (AvgIpc) is 3.37. The highest BCUT2D eigenvalue weighted by molar-refractivity contribution is 5.71. The third-order valence-electron chi connectivity index (χ3n) is 12.0. The molecule has 0 aromatic heterocycles. The maximum absolute atomic E-state index is 12.8. The van der Waals surface area contributed by atoms with Crippen LogP contribution in [0.2, 0.25) is 0 Å². The molecule has 71 heavy (non-hydrogen) atoms. The predicted octanol–water partition coefficient (Wildman–Crippen LogP) is 19.6.